The molecule has 1 saturated heterocycles. The Morgan fingerprint density at radius 3 is 2.69 bits per heavy atom. The number of morpholine rings is 1. The predicted octanol–water partition coefficient (Wildman–Crippen LogP) is 5.60. The van der Waals surface area contributed by atoms with Crippen LogP contribution in [0.3, 0.4) is 0 Å². The molecule has 0 amide bonds. The molecule has 0 aliphatic carbocycles. The van der Waals surface area contributed by atoms with Crippen molar-refractivity contribution >= 4 is 49.7 Å². The number of furan rings is 1. The summed E-state index contributed by atoms with van der Waals surface area (Å²) >= 11 is 3.50. The third kappa shape index (κ3) is 4.23. The van der Waals surface area contributed by atoms with Crippen molar-refractivity contribution in [2.24, 2.45) is 5.10 Å². The molecule has 1 aliphatic rings. The van der Waals surface area contributed by atoms with E-state index in [1.165, 1.54) is 4.68 Å². The van der Waals surface area contributed by atoms with Gasteiger partial charge < -0.3 is 14.1 Å². The maximum Gasteiger partial charge on any atom is 0.282 e. The van der Waals surface area contributed by atoms with Crippen molar-refractivity contribution in [3.63, 3.8) is 0 Å². The second-order valence-electron chi connectivity index (χ2n) is 8.75. The van der Waals surface area contributed by atoms with Gasteiger partial charge in [0.25, 0.3) is 5.56 Å². The van der Waals surface area contributed by atoms with Gasteiger partial charge in [0.1, 0.15) is 5.58 Å². The molecule has 0 saturated carbocycles. The molecule has 2 aromatic heterocycles. The second-order valence-corrected chi connectivity index (χ2v) is 9.66. The molecule has 3 aromatic carbocycles. The monoisotopic (exact) mass is 542 g/mol. The van der Waals surface area contributed by atoms with Crippen LogP contribution in [-0.2, 0) is 4.74 Å². The van der Waals surface area contributed by atoms with Crippen LogP contribution >= 0.6 is 15.9 Å². The van der Waals surface area contributed by atoms with E-state index in [2.05, 4.69) is 38.1 Å². The first kappa shape index (κ1) is 22.7. The summed E-state index contributed by atoms with van der Waals surface area (Å²) in [5.41, 5.74) is 4.20. The van der Waals surface area contributed by atoms with E-state index in [0.717, 1.165) is 53.0 Å². The van der Waals surface area contributed by atoms with Gasteiger partial charge in [-0.1, -0.05) is 34.1 Å². The van der Waals surface area contributed by atoms with Gasteiger partial charge in [0, 0.05) is 28.6 Å². The molecule has 0 bridgehead atoms. The minimum absolute atomic E-state index is 0.254. The second kappa shape index (κ2) is 9.37. The van der Waals surface area contributed by atoms with E-state index in [4.69, 9.17) is 14.1 Å². The Labute approximate surface area is 215 Å². The molecule has 0 N–H and O–H groups in total. The van der Waals surface area contributed by atoms with Gasteiger partial charge in [0.15, 0.2) is 5.76 Å². The van der Waals surface area contributed by atoms with Gasteiger partial charge in [0.05, 0.1) is 30.3 Å². The fourth-order valence-corrected chi connectivity index (χ4v) is 4.84. The maximum absolute atomic E-state index is 13.5. The lowest BCUT2D eigenvalue weighted by Crippen LogP contribution is -2.36. The Hall–Kier alpha value is -3.75. The predicted molar refractivity (Wildman–Crippen MR) is 146 cm³/mol. The van der Waals surface area contributed by atoms with Crippen LogP contribution in [0.4, 0.5) is 5.69 Å². The summed E-state index contributed by atoms with van der Waals surface area (Å²) < 4.78 is 13.8. The number of fused-ring (bicyclic) bond motifs is 2. The summed E-state index contributed by atoms with van der Waals surface area (Å²) in [5, 5.41) is 6.01. The summed E-state index contributed by atoms with van der Waals surface area (Å²) in [6, 6.07) is 21.2. The zero-order valence-electron chi connectivity index (χ0n) is 19.6. The number of nitrogens with zero attached hydrogens (tertiary/aromatic N) is 4. The molecule has 7 nitrogen and oxygen atoms in total. The molecule has 36 heavy (non-hydrogen) atoms. The van der Waals surface area contributed by atoms with Gasteiger partial charge in [-0.25, -0.2) is 4.98 Å². The van der Waals surface area contributed by atoms with Crippen LogP contribution in [0.25, 0.3) is 33.5 Å². The Morgan fingerprint density at radius 1 is 1.03 bits per heavy atom. The van der Waals surface area contributed by atoms with Crippen LogP contribution in [0.5, 0.6) is 0 Å². The molecule has 8 heteroatoms. The lowest BCUT2D eigenvalue weighted by molar-refractivity contribution is 0.122. The highest BCUT2D eigenvalue weighted by molar-refractivity contribution is 9.10. The van der Waals surface area contributed by atoms with Gasteiger partial charge in [0.2, 0.25) is 5.82 Å². The quantitative estimate of drug-likeness (QED) is 0.276. The maximum atomic E-state index is 13.5. The lowest BCUT2D eigenvalue weighted by atomic mass is 10.1. The smallest absolute Gasteiger partial charge is 0.282 e. The highest BCUT2D eigenvalue weighted by atomic mass is 79.9. The van der Waals surface area contributed by atoms with Crippen LogP contribution in [-0.4, -0.2) is 42.2 Å². The fraction of sp³-hybridized carbons (Fsp3) is 0.179. The van der Waals surface area contributed by atoms with Crippen molar-refractivity contribution in [1.82, 2.24) is 9.66 Å². The summed E-state index contributed by atoms with van der Waals surface area (Å²) in [4.78, 5) is 20.6. The van der Waals surface area contributed by atoms with E-state index in [1.54, 1.807) is 12.3 Å². The molecule has 5 aromatic rings. The van der Waals surface area contributed by atoms with Gasteiger partial charge in [-0.2, -0.15) is 9.78 Å². The number of rotatable bonds is 4. The number of aryl methyl sites for hydroxylation is 1. The van der Waals surface area contributed by atoms with Crippen molar-refractivity contribution in [3.8, 4) is 11.6 Å². The molecular weight excluding hydrogens is 520 g/mol. The average Bonchev–Trinajstić information content (AvgIpc) is 3.32. The summed E-state index contributed by atoms with van der Waals surface area (Å²) in [5.74, 6) is 0.826. The summed E-state index contributed by atoms with van der Waals surface area (Å²) in [6.07, 6.45) is 1.71. The Bertz CT molecular complexity index is 1680. The van der Waals surface area contributed by atoms with Gasteiger partial charge in [-0.3, -0.25) is 4.79 Å². The average molecular weight is 543 g/mol. The largest absolute Gasteiger partial charge is 0.453 e. The number of hydrogen-bond acceptors (Lipinski definition) is 6. The van der Waals surface area contributed by atoms with E-state index in [0.29, 0.717) is 28.1 Å². The third-order valence-corrected chi connectivity index (χ3v) is 6.89. The SMILES string of the molecule is Cc1cc(N2CCOCC2)ccc1C=Nn1c(-c2cc3cc(Br)ccc3o2)nc2ccccc2c1=O. The number of benzene rings is 3. The van der Waals surface area contributed by atoms with Crippen molar-refractivity contribution < 1.29 is 9.15 Å². The molecular formula is C28H23BrN4O3. The van der Waals surface area contributed by atoms with E-state index in [1.807, 2.05) is 55.5 Å². The molecule has 1 aliphatic heterocycles. The normalized spacial score (nSPS) is 14.3. The molecule has 180 valence electrons. The third-order valence-electron chi connectivity index (χ3n) is 6.39. The number of anilines is 1. The first-order valence-corrected chi connectivity index (χ1v) is 12.5. The molecule has 0 atom stereocenters. The van der Waals surface area contributed by atoms with Crippen LogP contribution in [0.1, 0.15) is 11.1 Å². The van der Waals surface area contributed by atoms with E-state index >= 15 is 0 Å². The van der Waals surface area contributed by atoms with Crippen molar-refractivity contribution in [3.05, 3.63) is 92.7 Å². The standard InChI is InChI=1S/C28H23BrN4O3/c1-18-14-22(32-10-12-35-13-11-32)8-6-19(18)17-30-33-27(31-24-5-3-2-4-23(24)28(33)34)26-16-20-15-21(29)7-9-25(20)36-26/h2-9,14-17H,10-13H2,1H3. The van der Waals surface area contributed by atoms with Gasteiger partial charge in [-0.15, -0.1) is 0 Å². The highest BCUT2D eigenvalue weighted by Gasteiger charge is 2.17. The Balaban J connectivity index is 1.44. The van der Waals surface area contributed by atoms with Crippen molar-refractivity contribution in [1.29, 1.82) is 0 Å². The molecule has 0 spiro atoms. The molecule has 6 rings (SSSR count). The lowest BCUT2D eigenvalue weighted by Gasteiger charge is -2.29. The highest BCUT2D eigenvalue weighted by Crippen LogP contribution is 2.29. The first-order chi connectivity index (χ1) is 17.6. The summed E-state index contributed by atoms with van der Waals surface area (Å²) in [6.45, 7) is 5.28. The van der Waals surface area contributed by atoms with Crippen LogP contribution in [0, 0.1) is 6.92 Å². The van der Waals surface area contributed by atoms with Crippen LogP contribution in [0.2, 0.25) is 0 Å². The minimum Gasteiger partial charge on any atom is -0.453 e. The van der Waals surface area contributed by atoms with E-state index < -0.39 is 0 Å². The number of hydrogen-bond donors (Lipinski definition) is 0. The number of aromatic nitrogens is 2. The summed E-state index contributed by atoms with van der Waals surface area (Å²) in [7, 11) is 0. The molecule has 3 heterocycles. The van der Waals surface area contributed by atoms with Crippen LogP contribution < -0.4 is 10.5 Å². The number of halogens is 1. The zero-order valence-corrected chi connectivity index (χ0v) is 21.2. The molecule has 1 fully saturated rings. The first-order valence-electron chi connectivity index (χ1n) is 11.8. The molecule has 0 unspecified atom stereocenters. The molecule has 0 radical (unpaired) electrons. The van der Waals surface area contributed by atoms with E-state index in [9.17, 15) is 4.79 Å². The Morgan fingerprint density at radius 2 is 1.86 bits per heavy atom. The zero-order chi connectivity index (χ0) is 24.6. The number of para-hydroxylation sites is 1. The Kier molecular flexibility index (Phi) is 5.91. The van der Waals surface area contributed by atoms with Crippen LogP contribution in [0.15, 0.2) is 85.5 Å². The minimum atomic E-state index is -0.254. The topological polar surface area (TPSA) is 72.9 Å². The number of ether oxygens (including phenoxy) is 1. The van der Waals surface area contributed by atoms with Gasteiger partial charge in [-0.05, 0) is 66.6 Å². The van der Waals surface area contributed by atoms with Crippen molar-refractivity contribution in [2.45, 2.75) is 6.92 Å². The van der Waals surface area contributed by atoms with Crippen molar-refractivity contribution in [2.75, 3.05) is 31.2 Å². The van der Waals surface area contributed by atoms with E-state index in [-0.39, 0.29) is 5.56 Å². The fourth-order valence-electron chi connectivity index (χ4n) is 4.46. The van der Waals surface area contributed by atoms with Gasteiger partial charge >= 0.3 is 0 Å².